The Bertz CT molecular complexity index is 805. The van der Waals surface area contributed by atoms with E-state index in [2.05, 4.69) is 25.9 Å². The molecule has 7 nitrogen and oxygen atoms in total. The number of aliphatic hydroxyl groups excluding tert-OH is 1. The Hall–Kier alpha value is -1.80. The van der Waals surface area contributed by atoms with Gasteiger partial charge in [0, 0.05) is 17.1 Å². The molecule has 2 aromatic rings. The van der Waals surface area contributed by atoms with E-state index in [1.807, 2.05) is 0 Å². The number of amides is 2. The number of carbonyl (C=O) groups excluding carboxylic acids is 1. The molecular formula is C17H18Cl3N5O2. The first-order valence-corrected chi connectivity index (χ1v) is 9.53. The monoisotopic (exact) mass is 429 g/mol. The van der Waals surface area contributed by atoms with Crippen molar-refractivity contribution in [2.75, 3.05) is 16.0 Å². The molecule has 0 atom stereocenters. The van der Waals surface area contributed by atoms with Gasteiger partial charge < -0.3 is 15.7 Å². The molecule has 0 saturated heterocycles. The van der Waals surface area contributed by atoms with E-state index >= 15 is 0 Å². The lowest BCUT2D eigenvalue weighted by atomic mass is 9.93. The van der Waals surface area contributed by atoms with Crippen molar-refractivity contribution in [3.8, 4) is 0 Å². The third-order valence-corrected chi connectivity index (χ3v) is 5.02. The second-order valence-electron chi connectivity index (χ2n) is 6.26. The number of carbonyl (C=O) groups is 1. The van der Waals surface area contributed by atoms with E-state index in [1.54, 1.807) is 6.07 Å². The summed E-state index contributed by atoms with van der Waals surface area (Å²) >= 11 is 18.0. The van der Waals surface area contributed by atoms with Gasteiger partial charge in [-0.1, -0.05) is 34.8 Å². The van der Waals surface area contributed by atoms with Gasteiger partial charge in [-0.05, 0) is 37.8 Å². The summed E-state index contributed by atoms with van der Waals surface area (Å²) in [5.41, 5.74) is 0.258. The van der Waals surface area contributed by atoms with Crippen LogP contribution in [-0.2, 0) is 0 Å². The Balaban J connectivity index is 1.61. The van der Waals surface area contributed by atoms with Gasteiger partial charge in [-0.3, -0.25) is 5.32 Å². The lowest BCUT2D eigenvalue weighted by Gasteiger charge is -2.26. The molecule has 1 aliphatic rings. The Kier molecular flexibility index (Phi) is 6.59. The first-order chi connectivity index (χ1) is 12.9. The number of halogens is 3. The largest absolute Gasteiger partial charge is 0.393 e. The molecule has 1 saturated carbocycles. The normalized spacial score (nSPS) is 19.4. The first kappa shape index (κ1) is 19.9. The molecule has 1 fully saturated rings. The molecule has 144 valence electrons. The fraction of sp³-hybridized carbons (Fsp3) is 0.353. The van der Waals surface area contributed by atoms with Gasteiger partial charge in [-0.15, -0.1) is 0 Å². The van der Waals surface area contributed by atoms with E-state index in [1.165, 1.54) is 18.5 Å². The Morgan fingerprint density at radius 1 is 0.963 bits per heavy atom. The highest BCUT2D eigenvalue weighted by Gasteiger charge is 2.19. The molecule has 27 heavy (non-hydrogen) atoms. The minimum atomic E-state index is -0.549. The summed E-state index contributed by atoms with van der Waals surface area (Å²) < 4.78 is 0. The van der Waals surface area contributed by atoms with Gasteiger partial charge in [-0.2, -0.15) is 0 Å². The molecule has 0 unspecified atom stereocenters. The van der Waals surface area contributed by atoms with Crippen LogP contribution in [0.4, 0.5) is 22.1 Å². The number of aliphatic hydroxyl groups is 1. The van der Waals surface area contributed by atoms with Crippen molar-refractivity contribution in [1.82, 2.24) is 9.97 Å². The molecule has 0 bridgehead atoms. The molecule has 4 N–H and O–H groups in total. The molecule has 0 aliphatic heterocycles. The van der Waals surface area contributed by atoms with Crippen LogP contribution in [0.2, 0.25) is 15.1 Å². The number of hydrogen-bond donors (Lipinski definition) is 4. The maximum Gasteiger partial charge on any atom is 0.324 e. The highest BCUT2D eigenvalue weighted by Crippen LogP contribution is 2.33. The zero-order chi connectivity index (χ0) is 19.4. The van der Waals surface area contributed by atoms with Crippen molar-refractivity contribution >= 4 is 58.2 Å². The number of rotatable bonds is 4. The number of nitrogens with one attached hydrogen (secondary N) is 3. The van der Waals surface area contributed by atoms with E-state index < -0.39 is 6.03 Å². The number of anilines is 3. The summed E-state index contributed by atoms with van der Waals surface area (Å²) in [5.74, 6) is 0.923. The van der Waals surface area contributed by atoms with Crippen molar-refractivity contribution in [2.24, 2.45) is 0 Å². The van der Waals surface area contributed by atoms with Gasteiger partial charge >= 0.3 is 6.03 Å². The quantitative estimate of drug-likeness (QED) is 0.558. The van der Waals surface area contributed by atoms with Crippen LogP contribution in [0.3, 0.4) is 0 Å². The fourth-order valence-electron chi connectivity index (χ4n) is 2.86. The summed E-state index contributed by atoms with van der Waals surface area (Å²) in [6.45, 7) is 0. The van der Waals surface area contributed by atoms with E-state index in [0.717, 1.165) is 25.7 Å². The molecule has 1 aliphatic carbocycles. The molecule has 1 aromatic heterocycles. The van der Waals surface area contributed by atoms with Gasteiger partial charge in [0.1, 0.15) is 18.0 Å². The third-order valence-electron chi connectivity index (χ3n) is 4.20. The van der Waals surface area contributed by atoms with Crippen molar-refractivity contribution in [2.45, 2.75) is 37.8 Å². The van der Waals surface area contributed by atoms with Crippen LogP contribution >= 0.6 is 34.8 Å². The average Bonchev–Trinajstić information content (AvgIpc) is 2.60. The lowest BCUT2D eigenvalue weighted by molar-refractivity contribution is 0.126. The number of nitrogens with zero attached hydrogens (tertiary/aromatic N) is 2. The number of hydrogen-bond acceptors (Lipinski definition) is 5. The molecule has 0 spiro atoms. The molecule has 3 rings (SSSR count). The van der Waals surface area contributed by atoms with Crippen molar-refractivity contribution < 1.29 is 9.90 Å². The minimum absolute atomic E-state index is 0.221. The smallest absolute Gasteiger partial charge is 0.324 e. The lowest BCUT2D eigenvalue weighted by Crippen LogP contribution is -2.28. The standard InChI is InChI=1S/C17H18Cl3N5O2/c18-9-5-12(19)16(13(20)6-9)25-17(27)24-15-7-14(21-8-22-15)23-10-1-3-11(26)4-2-10/h5-8,10-11,26H,1-4H2,(H3,21,22,23,24,25,27)/t10-,11-. The van der Waals surface area contributed by atoms with Crippen LogP contribution in [0.25, 0.3) is 0 Å². The summed E-state index contributed by atoms with van der Waals surface area (Å²) in [4.78, 5) is 20.4. The van der Waals surface area contributed by atoms with Crippen LogP contribution in [0, 0.1) is 0 Å². The fourth-order valence-corrected chi connectivity index (χ4v) is 3.77. The summed E-state index contributed by atoms with van der Waals surface area (Å²) in [7, 11) is 0. The van der Waals surface area contributed by atoms with Crippen LogP contribution < -0.4 is 16.0 Å². The molecule has 2 amide bonds. The highest BCUT2D eigenvalue weighted by atomic mass is 35.5. The molecular weight excluding hydrogens is 413 g/mol. The molecule has 0 radical (unpaired) electrons. The van der Waals surface area contributed by atoms with Crippen LogP contribution in [0.1, 0.15) is 25.7 Å². The maximum absolute atomic E-state index is 12.2. The minimum Gasteiger partial charge on any atom is -0.393 e. The molecule has 1 heterocycles. The van der Waals surface area contributed by atoms with Crippen molar-refractivity contribution in [3.05, 3.63) is 39.6 Å². The third kappa shape index (κ3) is 5.59. The zero-order valence-electron chi connectivity index (χ0n) is 14.2. The summed E-state index contributed by atoms with van der Waals surface area (Å²) in [5, 5.41) is 18.9. The predicted molar refractivity (Wildman–Crippen MR) is 108 cm³/mol. The molecule has 1 aromatic carbocycles. The average molecular weight is 431 g/mol. The molecule has 10 heteroatoms. The number of urea groups is 1. The SMILES string of the molecule is O=C(Nc1cc(N[C@H]2CC[C@H](O)CC2)ncn1)Nc1c(Cl)cc(Cl)cc1Cl. The first-order valence-electron chi connectivity index (χ1n) is 8.40. The van der Waals surface area contributed by atoms with E-state index in [4.69, 9.17) is 34.8 Å². The van der Waals surface area contributed by atoms with Gasteiger partial charge in [0.15, 0.2) is 0 Å². The Morgan fingerprint density at radius 3 is 2.26 bits per heavy atom. The van der Waals surface area contributed by atoms with Crippen LogP contribution in [-0.4, -0.2) is 33.3 Å². The van der Waals surface area contributed by atoms with Crippen LogP contribution in [0.15, 0.2) is 24.5 Å². The zero-order valence-corrected chi connectivity index (χ0v) is 16.4. The van der Waals surface area contributed by atoms with E-state index in [9.17, 15) is 9.90 Å². The number of benzene rings is 1. The second kappa shape index (κ2) is 8.93. The maximum atomic E-state index is 12.2. The van der Waals surface area contributed by atoms with Gasteiger partial charge in [0.25, 0.3) is 0 Å². The number of aromatic nitrogens is 2. The Labute approximate surface area is 171 Å². The predicted octanol–water partition coefficient (Wildman–Crippen LogP) is 4.80. The van der Waals surface area contributed by atoms with Gasteiger partial charge in [-0.25, -0.2) is 14.8 Å². The topological polar surface area (TPSA) is 99.2 Å². The van der Waals surface area contributed by atoms with Crippen molar-refractivity contribution in [1.29, 1.82) is 0 Å². The van der Waals surface area contributed by atoms with Gasteiger partial charge in [0.05, 0.1) is 21.8 Å². The summed E-state index contributed by atoms with van der Waals surface area (Å²) in [6.07, 6.45) is 4.39. The Morgan fingerprint density at radius 2 is 1.59 bits per heavy atom. The van der Waals surface area contributed by atoms with Crippen molar-refractivity contribution in [3.63, 3.8) is 0 Å². The summed E-state index contributed by atoms with van der Waals surface area (Å²) in [6, 6.07) is 4.29. The second-order valence-corrected chi connectivity index (χ2v) is 7.51. The van der Waals surface area contributed by atoms with Gasteiger partial charge in [0.2, 0.25) is 0 Å². The highest BCUT2D eigenvalue weighted by molar-refractivity contribution is 6.42. The van der Waals surface area contributed by atoms with E-state index in [0.29, 0.717) is 16.7 Å². The van der Waals surface area contributed by atoms with Crippen LogP contribution in [0.5, 0.6) is 0 Å². The van der Waals surface area contributed by atoms with E-state index in [-0.39, 0.29) is 27.9 Å².